The quantitative estimate of drug-likeness (QED) is 0.938. The molecule has 0 aliphatic carbocycles. The Kier molecular flexibility index (Phi) is 4.21. The zero-order valence-corrected chi connectivity index (χ0v) is 12.1. The molecule has 1 N–H and O–H groups in total. The third-order valence-electron chi connectivity index (χ3n) is 2.39. The fourth-order valence-electron chi connectivity index (χ4n) is 1.44. The Morgan fingerprint density at radius 3 is 2.84 bits per heavy atom. The van der Waals surface area contributed by atoms with Gasteiger partial charge in [0.05, 0.1) is 4.47 Å². The van der Waals surface area contributed by atoms with Gasteiger partial charge in [-0.3, -0.25) is 4.79 Å². The summed E-state index contributed by atoms with van der Waals surface area (Å²) in [6.45, 7) is 3.42. The molecule has 0 aliphatic rings. The van der Waals surface area contributed by atoms with Gasteiger partial charge in [0.2, 0.25) is 0 Å². The lowest BCUT2D eigenvalue weighted by Crippen LogP contribution is -2.30. The third-order valence-corrected chi connectivity index (χ3v) is 3.04. The summed E-state index contributed by atoms with van der Waals surface area (Å²) in [5.41, 5.74) is 0. The molecule has 2 aromatic rings. The van der Waals surface area contributed by atoms with Gasteiger partial charge in [0.15, 0.2) is 11.9 Å². The van der Waals surface area contributed by atoms with E-state index in [9.17, 15) is 4.79 Å². The Labute approximate surface area is 119 Å². The number of anilines is 1. The summed E-state index contributed by atoms with van der Waals surface area (Å²) < 4.78 is 11.2. The number of aromatic nitrogens is 1. The van der Waals surface area contributed by atoms with Crippen molar-refractivity contribution in [3.63, 3.8) is 0 Å². The van der Waals surface area contributed by atoms with Crippen LogP contribution in [0.5, 0.6) is 5.75 Å². The van der Waals surface area contributed by atoms with Crippen molar-refractivity contribution >= 4 is 27.7 Å². The molecular formula is C13H13BrN2O3. The van der Waals surface area contributed by atoms with Crippen molar-refractivity contribution in [2.75, 3.05) is 5.32 Å². The molecule has 1 aromatic carbocycles. The summed E-state index contributed by atoms with van der Waals surface area (Å²) in [6, 6.07) is 8.99. The summed E-state index contributed by atoms with van der Waals surface area (Å²) in [5, 5.41) is 6.31. The molecule has 0 bridgehead atoms. The number of benzene rings is 1. The molecule has 0 aliphatic heterocycles. The normalized spacial score (nSPS) is 11.9. The van der Waals surface area contributed by atoms with E-state index < -0.39 is 6.10 Å². The molecule has 19 heavy (non-hydrogen) atoms. The van der Waals surface area contributed by atoms with E-state index in [0.717, 1.165) is 4.47 Å². The number of amides is 1. The summed E-state index contributed by atoms with van der Waals surface area (Å²) in [5.74, 6) is 1.34. The Morgan fingerprint density at radius 2 is 2.21 bits per heavy atom. The summed E-state index contributed by atoms with van der Waals surface area (Å²) in [4.78, 5) is 11.9. The van der Waals surface area contributed by atoms with Gasteiger partial charge in [0.1, 0.15) is 11.5 Å². The zero-order valence-electron chi connectivity index (χ0n) is 10.5. The van der Waals surface area contributed by atoms with Gasteiger partial charge in [-0.05, 0) is 41.9 Å². The fourth-order valence-corrected chi connectivity index (χ4v) is 1.82. The van der Waals surface area contributed by atoms with E-state index >= 15 is 0 Å². The topological polar surface area (TPSA) is 64.4 Å². The van der Waals surface area contributed by atoms with Crippen LogP contribution in [0, 0.1) is 6.92 Å². The summed E-state index contributed by atoms with van der Waals surface area (Å²) in [7, 11) is 0. The molecule has 5 nitrogen and oxygen atoms in total. The number of rotatable bonds is 4. The first-order chi connectivity index (χ1) is 9.06. The number of nitrogens with zero attached hydrogens (tertiary/aromatic N) is 1. The third kappa shape index (κ3) is 3.57. The molecule has 6 heteroatoms. The molecular weight excluding hydrogens is 312 g/mol. The number of carbonyl (C=O) groups is 1. The van der Waals surface area contributed by atoms with Crippen LogP contribution in [-0.2, 0) is 4.79 Å². The van der Waals surface area contributed by atoms with Crippen molar-refractivity contribution < 1.29 is 14.1 Å². The lowest BCUT2D eigenvalue weighted by atomic mass is 10.3. The van der Waals surface area contributed by atoms with Crippen LogP contribution in [0.15, 0.2) is 39.3 Å². The molecule has 0 radical (unpaired) electrons. The van der Waals surface area contributed by atoms with E-state index in [2.05, 4.69) is 26.4 Å². The molecule has 100 valence electrons. The van der Waals surface area contributed by atoms with Gasteiger partial charge in [-0.2, -0.15) is 0 Å². The van der Waals surface area contributed by atoms with Crippen molar-refractivity contribution in [2.45, 2.75) is 20.0 Å². The van der Waals surface area contributed by atoms with E-state index in [4.69, 9.17) is 9.26 Å². The second-order valence-corrected chi connectivity index (χ2v) is 4.86. The predicted molar refractivity (Wildman–Crippen MR) is 74.1 cm³/mol. The van der Waals surface area contributed by atoms with Gasteiger partial charge in [0.25, 0.3) is 5.91 Å². The van der Waals surface area contributed by atoms with Gasteiger partial charge >= 0.3 is 0 Å². The monoisotopic (exact) mass is 324 g/mol. The number of carbonyl (C=O) groups excluding carboxylic acids is 1. The second kappa shape index (κ2) is 5.88. The average molecular weight is 325 g/mol. The smallest absolute Gasteiger partial charge is 0.266 e. The maximum absolute atomic E-state index is 11.9. The minimum atomic E-state index is -0.643. The van der Waals surface area contributed by atoms with E-state index in [0.29, 0.717) is 17.3 Å². The van der Waals surface area contributed by atoms with Crippen LogP contribution in [0.25, 0.3) is 0 Å². The Balaban J connectivity index is 1.98. The van der Waals surface area contributed by atoms with Gasteiger partial charge in [-0.1, -0.05) is 17.3 Å². The standard InChI is InChI=1S/C13H13BrN2O3/c1-8-7-12(16-19-8)15-13(17)9(2)18-11-6-4-3-5-10(11)14/h3-7,9H,1-2H3,(H,15,16,17). The predicted octanol–water partition coefficient (Wildman–Crippen LogP) is 3.15. The van der Waals surface area contributed by atoms with Crippen LogP contribution < -0.4 is 10.1 Å². The van der Waals surface area contributed by atoms with Crippen LogP contribution in [-0.4, -0.2) is 17.2 Å². The maximum atomic E-state index is 11.9. The molecule has 0 spiro atoms. The molecule has 2 rings (SSSR count). The van der Waals surface area contributed by atoms with Crippen LogP contribution in [0.2, 0.25) is 0 Å². The van der Waals surface area contributed by atoms with Crippen molar-refractivity contribution in [2.24, 2.45) is 0 Å². The largest absolute Gasteiger partial charge is 0.480 e. The lowest BCUT2D eigenvalue weighted by molar-refractivity contribution is -0.122. The van der Waals surface area contributed by atoms with Crippen molar-refractivity contribution in [3.8, 4) is 5.75 Å². The maximum Gasteiger partial charge on any atom is 0.266 e. The van der Waals surface area contributed by atoms with Crippen molar-refractivity contribution in [1.29, 1.82) is 0 Å². The minimum Gasteiger partial charge on any atom is -0.480 e. The second-order valence-electron chi connectivity index (χ2n) is 4.00. The minimum absolute atomic E-state index is 0.288. The number of ether oxygens (including phenoxy) is 1. The summed E-state index contributed by atoms with van der Waals surface area (Å²) in [6.07, 6.45) is -0.643. The molecule has 1 heterocycles. The molecule has 0 fully saturated rings. The number of halogens is 1. The number of aryl methyl sites for hydroxylation is 1. The molecule has 1 unspecified atom stereocenters. The van der Waals surface area contributed by atoms with Crippen molar-refractivity contribution in [1.82, 2.24) is 5.16 Å². The molecule has 0 saturated heterocycles. The number of hydrogen-bond acceptors (Lipinski definition) is 4. The van der Waals surface area contributed by atoms with Gasteiger partial charge < -0.3 is 14.6 Å². The highest BCUT2D eigenvalue weighted by Crippen LogP contribution is 2.25. The number of hydrogen-bond donors (Lipinski definition) is 1. The van der Waals surface area contributed by atoms with E-state index in [1.54, 1.807) is 26.0 Å². The highest BCUT2D eigenvalue weighted by Gasteiger charge is 2.17. The summed E-state index contributed by atoms with van der Waals surface area (Å²) >= 11 is 3.36. The Bertz CT molecular complexity index is 583. The first kappa shape index (κ1) is 13.6. The van der Waals surface area contributed by atoms with E-state index in [1.165, 1.54) is 0 Å². The van der Waals surface area contributed by atoms with Gasteiger partial charge in [0, 0.05) is 6.07 Å². The number of para-hydroxylation sites is 1. The fraction of sp³-hybridized carbons (Fsp3) is 0.231. The van der Waals surface area contributed by atoms with E-state index in [-0.39, 0.29) is 5.91 Å². The highest BCUT2D eigenvalue weighted by atomic mass is 79.9. The van der Waals surface area contributed by atoms with Crippen LogP contribution in [0.3, 0.4) is 0 Å². The van der Waals surface area contributed by atoms with Crippen molar-refractivity contribution in [3.05, 3.63) is 40.6 Å². The zero-order chi connectivity index (χ0) is 13.8. The Morgan fingerprint density at radius 1 is 1.47 bits per heavy atom. The SMILES string of the molecule is Cc1cc(NC(=O)C(C)Oc2ccccc2Br)no1. The molecule has 0 saturated carbocycles. The van der Waals surface area contributed by atoms with Crippen LogP contribution >= 0.6 is 15.9 Å². The first-order valence-corrected chi connectivity index (χ1v) is 6.51. The van der Waals surface area contributed by atoms with Gasteiger partial charge in [-0.15, -0.1) is 0 Å². The highest BCUT2D eigenvalue weighted by molar-refractivity contribution is 9.10. The van der Waals surface area contributed by atoms with Gasteiger partial charge in [-0.25, -0.2) is 0 Å². The number of nitrogens with one attached hydrogen (secondary N) is 1. The van der Waals surface area contributed by atoms with Crippen LogP contribution in [0.1, 0.15) is 12.7 Å². The lowest BCUT2D eigenvalue weighted by Gasteiger charge is -2.14. The molecule has 1 amide bonds. The van der Waals surface area contributed by atoms with Crippen LogP contribution in [0.4, 0.5) is 5.82 Å². The molecule has 1 atom stereocenters. The van der Waals surface area contributed by atoms with E-state index in [1.807, 2.05) is 18.2 Å². The average Bonchev–Trinajstić information content (AvgIpc) is 2.77. The Hall–Kier alpha value is -1.82. The first-order valence-electron chi connectivity index (χ1n) is 5.71. The molecule has 1 aromatic heterocycles.